The normalized spacial score (nSPS) is 11.9. The molecular weight excluding hydrogens is 432 g/mol. The summed E-state index contributed by atoms with van der Waals surface area (Å²) in [6.07, 6.45) is 3.53. The summed E-state index contributed by atoms with van der Waals surface area (Å²) in [6.45, 7) is 5.89. The first kappa shape index (κ1) is 20.7. The lowest BCUT2D eigenvalue weighted by Crippen LogP contribution is -2.02. The Balaban J connectivity index is 1.64. The molecule has 0 amide bonds. The van der Waals surface area contributed by atoms with Gasteiger partial charge in [0.25, 0.3) is 0 Å². The number of aromatic nitrogens is 4. The molecule has 0 aliphatic heterocycles. The van der Waals surface area contributed by atoms with Crippen LogP contribution in [0.15, 0.2) is 78.0 Å². The summed E-state index contributed by atoms with van der Waals surface area (Å²) in [5.41, 5.74) is 6.85. The van der Waals surface area contributed by atoms with Crippen molar-refractivity contribution in [3.05, 3.63) is 94.8 Å². The molecule has 2 aromatic heterocycles. The number of fused-ring (bicyclic) bond motifs is 1. The minimum Gasteiger partial charge on any atom is -0.278 e. The summed E-state index contributed by atoms with van der Waals surface area (Å²) in [6, 6.07) is 21.5. The molecule has 0 aliphatic rings. The van der Waals surface area contributed by atoms with Crippen LogP contribution >= 0.6 is 11.6 Å². The maximum atomic E-state index is 9.28. The Kier molecular flexibility index (Phi) is 5.25. The Morgan fingerprint density at radius 3 is 2.85 bits per heavy atom. The van der Waals surface area contributed by atoms with E-state index < -0.39 is 0 Å². The highest BCUT2D eigenvalue weighted by atomic mass is 35.5. The smallest absolute Gasteiger partial charge is 0.0992 e. The second kappa shape index (κ2) is 8.38. The third kappa shape index (κ3) is 3.69. The van der Waals surface area contributed by atoms with E-state index in [1.807, 2.05) is 30.5 Å². The monoisotopic (exact) mass is 450 g/mol. The highest BCUT2D eigenvalue weighted by Gasteiger charge is 2.19. The Hall–Kier alpha value is -4.21. The summed E-state index contributed by atoms with van der Waals surface area (Å²) in [4.78, 5) is 4.24. The number of rotatable bonds is 5. The maximum absolute atomic E-state index is 9.28. The van der Waals surface area contributed by atoms with Crippen molar-refractivity contribution in [2.45, 2.75) is 12.8 Å². The molecule has 33 heavy (non-hydrogen) atoms. The zero-order valence-electron chi connectivity index (χ0n) is 17.8. The van der Waals surface area contributed by atoms with Crippen molar-refractivity contribution >= 4 is 34.9 Å². The number of aromatic amines is 1. The molecule has 0 saturated heterocycles. The molecule has 1 atom stereocenters. The van der Waals surface area contributed by atoms with Crippen LogP contribution < -0.4 is 0 Å². The summed E-state index contributed by atoms with van der Waals surface area (Å²) >= 11 is 6.71. The molecule has 5 rings (SSSR count). The molecule has 3 aromatic carbocycles. The first-order chi connectivity index (χ1) is 16.1. The Morgan fingerprint density at radius 2 is 2.03 bits per heavy atom. The molecule has 5 aromatic rings. The predicted octanol–water partition coefficient (Wildman–Crippen LogP) is 6.42. The molecule has 7 heteroatoms. The van der Waals surface area contributed by atoms with Crippen molar-refractivity contribution in [1.29, 1.82) is 5.26 Å². The SMILES string of the molecule is C=Nc1cc(Cl)c(-c2ccnn2-c2cccc(C#N)c2)cc1C(C)c1ccc2cn[nH]c2c1. The molecule has 0 bridgehead atoms. The molecule has 0 radical (unpaired) electrons. The fraction of sp³-hybridized carbons (Fsp3) is 0.0769. The Morgan fingerprint density at radius 1 is 1.15 bits per heavy atom. The highest BCUT2D eigenvalue weighted by Crippen LogP contribution is 2.40. The molecular formula is C26H19ClN6. The van der Waals surface area contributed by atoms with E-state index in [2.05, 4.69) is 64.3 Å². The number of hydrogen-bond donors (Lipinski definition) is 1. The molecule has 2 heterocycles. The van der Waals surface area contributed by atoms with E-state index >= 15 is 0 Å². The van der Waals surface area contributed by atoms with Gasteiger partial charge in [-0.25, -0.2) is 4.68 Å². The standard InChI is InChI=1S/C26H19ClN6/c1-16(18-6-7-19-15-30-32-24(19)11-18)21-12-22(23(27)13-25(21)29-2)26-8-9-31-33(26)20-5-3-4-17(10-20)14-28/h3-13,15-16H,2H2,1H3,(H,30,32). The van der Waals surface area contributed by atoms with Crippen LogP contribution in [0.3, 0.4) is 0 Å². The maximum Gasteiger partial charge on any atom is 0.0992 e. The average molecular weight is 451 g/mol. The number of nitrogens with zero attached hydrogens (tertiary/aromatic N) is 5. The number of halogens is 1. The minimum absolute atomic E-state index is 0.0347. The fourth-order valence-electron chi connectivity index (χ4n) is 4.08. The first-order valence-corrected chi connectivity index (χ1v) is 10.7. The summed E-state index contributed by atoms with van der Waals surface area (Å²) in [5.74, 6) is 0.0347. The van der Waals surface area contributed by atoms with Gasteiger partial charge >= 0.3 is 0 Å². The molecule has 6 nitrogen and oxygen atoms in total. The van der Waals surface area contributed by atoms with Gasteiger partial charge in [0.2, 0.25) is 0 Å². The number of hydrogen-bond acceptors (Lipinski definition) is 4. The van der Waals surface area contributed by atoms with E-state index in [0.29, 0.717) is 10.6 Å². The van der Waals surface area contributed by atoms with Crippen molar-refractivity contribution in [3.8, 4) is 23.0 Å². The number of nitriles is 1. The number of H-pyrrole nitrogens is 1. The van der Waals surface area contributed by atoms with Gasteiger partial charge in [-0.05, 0) is 60.3 Å². The summed E-state index contributed by atoms with van der Waals surface area (Å²) in [5, 5.41) is 22.5. The van der Waals surface area contributed by atoms with Crippen LogP contribution in [0.5, 0.6) is 0 Å². The van der Waals surface area contributed by atoms with Gasteiger partial charge < -0.3 is 0 Å². The van der Waals surface area contributed by atoms with Crippen LogP contribution in [-0.4, -0.2) is 26.7 Å². The lowest BCUT2D eigenvalue weighted by atomic mass is 9.89. The topological polar surface area (TPSA) is 82.7 Å². The van der Waals surface area contributed by atoms with E-state index in [1.54, 1.807) is 23.0 Å². The zero-order chi connectivity index (χ0) is 22.9. The van der Waals surface area contributed by atoms with Gasteiger partial charge in [-0.1, -0.05) is 36.7 Å². The summed E-state index contributed by atoms with van der Waals surface area (Å²) in [7, 11) is 0. The van der Waals surface area contributed by atoms with Gasteiger partial charge in [-0.3, -0.25) is 10.1 Å². The van der Waals surface area contributed by atoms with E-state index in [4.69, 9.17) is 11.6 Å². The average Bonchev–Trinajstić information content (AvgIpc) is 3.52. The van der Waals surface area contributed by atoms with Gasteiger partial charge in [-0.15, -0.1) is 0 Å². The van der Waals surface area contributed by atoms with Crippen LogP contribution in [0.2, 0.25) is 5.02 Å². The number of aliphatic imine (C=N–C) groups is 1. The van der Waals surface area contributed by atoms with Crippen LogP contribution in [-0.2, 0) is 0 Å². The second-order valence-corrected chi connectivity index (χ2v) is 8.18. The number of benzene rings is 3. The van der Waals surface area contributed by atoms with Crippen molar-refractivity contribution in [2.75, 3.05) is 0 Å². The van der Waals surface area contributed by atoms with Crippen molar-refractivity contribution in [1.82, 2.24) is 20.0 Å². The number of nitrogens with one attached hydrogen (secondary N) is 1. The van der Waals surface area contributed by atoms with Crippen LogP contribution in [0.25, 0.3) is 27.8 Å². The van der Waals surface area contributed by atoms with E-state index in [0.717, 1.165) is 44.7 Å². The van der Waals surface area contributed by atoms with Crippen LogP contribution in [0.4, 0.5) is 5.69 Å². The van der Waals surface area contributed by atoms with Crippen LogP contribution in [0, 0.1) is 11.3 Å². The van der Waals surface area contributed by atoms with Crippen molar-refractivity contribution in [2.24, 2.45) is 4.99 Å². The van der Waals surface area contributed by atoms with Gasteiger partial charge in [0.05, 0.1) is 51.6 Å². The predicted molar refractivity (Wildman–Crippen MR) is 132 cm³/mol. The minimum atomic E-state index is 0.0347. The van der Waals surface area contributed by atoms with Gasteiger partial charge in [0.1, 0.15) is 0 Å². The molecule has 0 saturated carbocycles. The van der Waals surface area contributed by atoms with Gasteiger partial charge in [0.15, 0.2) is 0 Å². The fourth-order valence-corrected chi connectivity index (χ4v) is 4.34. The van der Waals surface area contributed by atoms with Crippen molar-refractivity contribution in [3.63, 3.8) is 0 Å². The van der Waals surface area contributed by atoms with Gasteiger partial charge in [0, 0.05) is 16.9 Å². The lowest BCUT2D eigenvalue weighted by Gasteiger charge is -2.18. The largest absolute Gasteiger partial charge is 0.278 e. The molecule has 0 spiro atoms. The quantitative estimate of drug-likeness (QED) is 0.313. The molecule has 1 N–H and O–H groups in total. The molecule has 0 fully saturated rings. The van der Waals surface area contributed by atoms with Gasteiger partial charge in [-0.2, -0.15) is 15.5 Å². The third-order valence-electron chi connectivity index (χ3n) is 5.86. The second-order valence-electron chi connectivity index (χ2n) is 7.78. The Labute approximate surface area is 195 Å². The zero-order valence-corrected chi connectivity index (χ0v) is 18.6. The molecule has 1 unspecified atom stereocenters. The first-order valence-electron chi connectivity index (χ1n) is 10.4. The van der Waals surface area contributed by atoms with E-state index in [9.17, 15) is 5.26 Å². The highest BCUT2D eigenvalue weighted by molar-refractivity contribution is 6.33. The van der Waals surface area contributed by atoms with Crippen molar-refractivity contribution < 1.29 is 0 Å². The molecule has 160 valence electrons. The Bertz CT molecular complexity index is 1540. The lowest BCUT2D eigenvalue weighted by molar-refractivity contribution is 0.885. The summed E-state index contributed by atoms with van der Waals surface area (Å²) < 4.78 is 1.79. The molecule has 0 aliphatic carbocycles. The van der Waals surface area contributed by atoms with E-state index in [1.165, 1.54) is 0 Å². The third-order valence-corrected chi connectivity index (χ3v) is 6.17. The van der Waals surface area contributed by atoms with E-state index in [-0.39, 0.29) is 5.92 Å². The van der Waals surface area contributed by atoms with Crippen LogP contribution in [0.1, 0.15) is 29.5 Å².